The van der Waals surface area contributed by atoms with Crippen molar-refractivity contribution in [2.24, 2.45) is 0 Å². The van der Waals surface area contributed by atoms with Crippen LogP contribution >= 0.6 is 0 Å². The van der Waals surface area contributed by atoms with Gasteiger partial charge in [0, 0.05) is 11.3 Å². The summed E-state index contributed by atoms with van der Waals surface area (Å²) in [5.74, 6) is -1.83. The number of carboxylic acid groups (broad SMARTS) is 1. The zero-order valence-electron chi connectivity index (χ0n) is 12.9. The Labute approximate surface area is 144 Å². The van der Waals surface area contributed by atoms with Gasteiger partial charge in [-0.25, -0.2) is 8.42 Å². The number of rotatable bonds is 7. The maximum atomic E-state index is 12.1. The van der Waals surface area contributed by atoms with Gasteiger partial charge in [0.1, 0.15) is 6.04 Å². The number of aliphatic hydroxyl groups is 1. The van der Waals surface area contributed by atoms with Gasteiger partial charge >= 0.3 is 5.97 Å². The molecule has 0 radical (unpaired) electrons. The molecule has 0 aliphatic heterocycles. The van der Waals surface area contributed by atoms with E-state index in [0.717, 1.165) is 0 Å². The summed E-state index contributed by atoms with van der Waals surface area (Å²) in [4.78, 5) is 22.6. The topological polar surface area (TPSA) is 133 Å². The number of sulfonamides is 1. The van der Waals surface area contributed by atoms with Crippen molar-refractivity contribution in [2.75, 3.05) is 11.9 Å². The quantitative estimate of drug-likeness (QED) is 0.570. The van der Waals surface area contributed by atoms with E-state index >= 15 is 0 Å². The number of carboxylic acids is 1. The summed E-state index contributed by atoms with van der Waals surface area (Å²) in [6.45, 7) is -0.875. The largest absolute Gasteiger partial charge is 0.480 e. The van der Waals surface area contributed by atoms with Gasteiger partial charge in [0.25, 0.3) is 5.91 Å². The number of amides is 1. The smallest absolute Gasteiger partial charge is 0.324 e. The zero-order chi connectivity index (χ0) is 18.4. The third-order valence-electron chi connectivity index (χ3n) is 3.24. The summed E-state index contributed by atoms with van der Waals surface area (Å²) < 4.78 is 26.1. The van der Waals surface area contributed by atoms with Crippen LogP contribution in [0.1, 0.15) is 10.4 Å². The Kier molecular flexibility index (Phi) is 5.86. The molecule has 0 aliphatic carbocycles. The summed E-state index contributed by atoms with van der Waals surface area (Å²) in [7, 11) is -4.12. The lowest BCUT2D eigenvalue weighted by Crippen LogP contribution is -2.43. The predicted molar refractivity (Wildman–Crippen MR) is 89.7 cm³/mol. The van der Waals surface area contributed by atoms with Gasteiger partial charge in [0.15, 0.2) is 0 Å². The van der Waals surface area contributed by atoms with Crippen molar-refractivity contribution in [3.63, 3.8) is 0 Å². The highest BCUT2D eigenvalue weighted by Gasteiger charge is 2.24. The van der Waals surface area contributed by atoms with Crippen LogP contribution in [0.25, 0.3) is 0 Å². The van der Waals surface area contributed by atoms with E-state index in [0.29, 0.717) is 11.3 Å². The Morgan fingerprint density at radius 3 is 2.12 bits per heavy atom. The van der Waals surface area contributed by atoms with Crippen molar-refractivity contribution in [3.8, 4) is 0 Å². The Balaban J connectivity index is 2.11. The van der Waals surface area contributed by atoms with E-state index in [2.05, 4.69) is 5.32 Å². The molecule has 0 heterocycles. The molecule has 132 valence electrons. The maximum Gasteiger partial charge on any atom is 0.324 e. The zero-order valence-corrected chi connectivity index (χ0v) is 13.7. The molecule has 1 atom stereocenters. The number of hydrogen-bond acceptors (Lipinski definition) is 5. The normalized spacial score (nSPS) is 12.4. The fraction of sp³-hybridized carbons (Fsp3) is 0.125. The average molecular weight is 364 g/mol. The van der Waals surface area contributed by atoms with Crippen molar-refractivity contribution in [1.82, 2.24) is 4.72 Å². The molecule has 0 saturated carbocycles. The number of anilines is 1. The van der Waals surface area contributed by atoms with Gasteiger partial charge in [0.2, 0.25) is 10.0 Å². The van der Waals surface area contributed by atoms with Crippen molar-refractivity contribution in [1.29, 1.82) is 0 Å². The standard InChI is InChI=1S/C16H16N2O6S/c19-10-14(16(21)22)18-25(23,24)13-8-6-12(7-9-13)17-15(20)11-4-2-1-3-5-11/h1-9,14,18-19H,10H2,(H,17,20)(H,21,22)/t14-/m0/s1. The Hall–Kier alpha value is -2.75. The molecule has 9 heteroatoms. The first-order chi connectivity index (χ1) is 11.8. The second-order valence-electron chi connectivity index (χ2n) is 5.04. The van der Waals surface area contributed by atoms with Crippen LogP contribution in [-0.2, 0) is 14.8 Å². The number of carbonyl (C=O) groups excluding carboxylic acids is 1. The number of carbonyl (C=O) groups is 2. The van der Waals surface area contributed by atoms with E-state index in [9.17, 15) is 18.0 Å². The van der Waals surface area contributed by atoms with E-state index in [1.165, 1.54) is 24.3 Å². The lowest BCUT2D eigenvalue weighted by molar-refractivity contribution is -0.139. The Morgan fingerprint density at radius 1 is 1.00 bits per heavy atom. The first-order valence-electron chi connectivity index (χ1n) is 7.16. The van der Waals surface area contributed by atoms with Crippen LogP contribution in [0.3, 0.4) is 0 Å². The first-order valence-corrected chi connectivity index (χ1v) is 8.64. The minimum absolute atomic E-state index is 0.190. The van der Waals surface area contributed by atoms with Crippen LogP contribution in [0.4, 0.5) is 5.69 Å². The molecule has 0 spiro atoms. The fourth-order valence-electron chi connectivity index (χ4n) is 1.93. The van der Waals surface area contributed by atoms with E-state index in [1.807, 2.05) is 4.72 Å². The molecule has 2 aromatic rings. The second-order valence-corrected chi connectivity index (χ2v) is 6.75. The van der Waals surface area contributed by atoms with Crippen molar-refractivity contribution >= 4 is 27.6 Å². The van der Waals surface area contributed by atoms with E-state index < -0.39 is 28.6 Å². The van der Waals surface area contributed by atoms with Crippen LogP contribution in [0.5, 0.6) is 0 Å². The molecule has 1 amide bonds. The molecule has 0 bridgehead atoms. The van der Waals surface area contributed by atoms with Gasteiger partial charge in [-0.05, 0) is 36.4 Å². The molecule has 0 fully saturated rings. The van der Waals surface area contributed by atoms with Crippen LogP contribution in [0.2, 0.25) is 0 Å². The fourth-order valence-corrected chi connectivity index (χ4v) is 3.11. The molecular weight excluding hydrogens is 348 g/mol. The van der Waals surface area contributed by atoms with Crippen LogP contribution in [0, 0.1) is 0 Å². The highest BCUT2D eigenvalue weighted by molar-refractivity contribution is 7.89. The highest BCUT2D eigenvalue weighted by Crippen LogP contribution is 2.15. The molecule has 2 aromatic carbocycles. The molecule has 0 aromatic heterocycles. The summed E-state index contributed by atoms with van der Waals surface area (Å²) in [6, 6.07) is 12.1. The number of aliphatic carboxylic acids is 1. The average Bonchev–Trinajstić information content (AvgIpc) is 2.60. The molecule has 25 heavy (non-hydrogen) atoms. The number of aliphatic hydroxyl groups excluding tert-OH is 1. The molecule has 0 saturated heterocycles. The van der Waals surface area contributed by atoms with Gasteiger partial charge in [-0.1, -0.05) is 18.2 Å². The number of hydrogen-bond donors (Lipinski definition) is 4. The highest BCUT2D eigenvalue weighted by atomic mass is 32.2. The van der Waals surface area contributed by atoms with Gasteiger partial charge in [-0.2, -0.15) is 4.72 Å². The summed E-state index contributed by atoms with van der Waals surface area (Å²) in [5, 5.41) is 20.3. The molecule has 4 N–H and O–H groups in total. The van der Waals surface area contributed by atoms with Crippen LogP contribution in [-0.4, -0.2) is 43.2 Å². The van der Waals surface area contributed by atoms with Gasteiger partial charge in [-0.3, -0.25) is 9.59 Å². The summed E-state index contributed by atoms with van der Waals surface area (Å²) in [5.41, 5.74) is 0.831. The van der Waals surface area contributed by atoms with E-state index in [4.69, 9.17) is 10.2 Å². The molecule has 2 rings (SSSR count). The summed E-state index contributed by atoms with van der Waals surface area (Å²) in [6.07, 6.45) is 0. The molecule has 8 nitrogen and oxygen atoms in total. The van der Waals surface area contributed by atoms with Crippen LogP contribution < -0.4 is 10.0 Å². The first kappa shape index (κ1) is 18.6. The maximum absolute atomic E-state index is 12.1. The lowest BCUT2D eigenvalue weighted by atomic mass is 10.2. The SMILES string of the molecule is O=C(Nc1ccc(S(=O)(=O)N[C@@H](CO)C(=O)O)cc1)c1ccccc1. The minimum atomic E-state index is -4.12. The monoisotopic (exact) mass is 364 g/mol. The molecule has 0 aliphatic rings. The van der Waals surface area contributed by atoms with Crippen molar-refractivity contribution in [2.45, 2.75) is 10.9 Å². The summed E-state index contributed by atoms with van der Waals surface area (Å²) >= 11 is 0. The third-order valence-corrected chi connectivity index (χ3v) is 4.72. The number of nitrogens with one attached hydrogen (secondary N) is 2. The van der Waals surface area contributed by atoms with Gasteiger partial charge < -0.3 is 15.5 Å². The number of benzene rings is 2. The van der Waals surface area contributed by atoms with Gasteiger partial charge in [0.05, 0.1) is 11.5 Å². The third kappa shape index (κ3) is 4.86. The predicted octanol–water partition coefficient (Wildman–Crippen LogP) is 0.663. The van der Waals surface area contributed by atoms with E-state index in [-0.39, 0.29) is 10.8 Å². The lowest BCUT2D eigenvalue weighted by Gasteiger charge is -2.12. The van der Waals surface area contributed by atoms with Crippen molar-refractivity contribution < 1.29 is 28.2 Å². The second kappa shape index (κ2) is 7.88. The Morgan fingerprint density at radius 2 is 1.60 bits per heavy atom. The minimum Gasteiger partial charge on any atom is -0.480 e. The van der Waals surface area contributed by atoms with Gasteiger partial charge in [-0.15, -0.1) is 0 Å². The molecular formula is C16H16N2O6S. The van der Waals surface area contributed by atoms with Crippen LogP contribution in [0.15, 0.2) is 59.5 Å². The molecule has 0 unspecified atom stereocenters. The Bertz CT molecular complexity index is 850. The van der Waals surface area contributed by atoms with Crippen molar-refractivity contribution in [3.05, 3.63) is 60.2 Å². The van der Waals surface area contributed by atoms with E-state index in [1.54, 1.807) is 30.3 Å².